The molecule has 1 heterocycles. The van der Waals surface area contributed by atoms with Crippen LogP contribution in [0.1, 0.15) is 36.2 Å². The van der Waals surface area contributed by atoms with Crippen LogP contribution in [0.15, 0.2) is 36.4 Å². The molecule has 5 atom stereocenters. The zero-order valence-electron chi connectivity index (χ0n) is 20.1. The summed E-state index contributed by atoms with van der Waals surface area (Å²) in [7, 11) is 0. The van der Waals surface area contributed by atoms with E-state index in [0.717, 1.165) is 31.5 Å². The van der Waals surface area contributed by atoms with E-state index in [-0.39, 0.29) is 41.4 Å². The van der Waals surface area contributed by atoms with E-state index in [0.29, 0.717) is 0 Å². The van der Waals surface area contributed by atoms with Crippen molar-refractivity contribution < 1.29 is 58.9 Å². The van der Waals surface area contributed by atoms with E-state index in [2.05, 4.69) is 0 Å². The summed E-state index contributed by atoms with van der Waals surface area (Å²) in [4.78, 5) is 36.7. The van der Waals surface area contributed by atoms with Crippen LogP contribution < -0.4 is 14.2 Å². The Bertz CT molecular complexity index is 1130. The summed E-state index contributed by atoms with van der Waals surface area (Å²) in [5.74, 6) is -2.76. The van der Waals surface area contributed by atoms with Gasteiger partial charge in [0, 0.05) is 32.4 Å². The van der Waals surface area contributed by atoms with Crippen molar-refractivity contribution in [2.75, 3.05) is 6.61 Å². The number of phenols is 1. The molecule has 2 aromatic rings. The summed E-state index contributed by atoms with van der Waals surface area (Å²) in [6, 6.07) is 8.48. The number of aliphatic hydroxyl groups excluding tert-OH is 4. The lowest BCUT2D eigenvalue weighted by Gasteiger charge is -2.39. The Morgan fingerprint density at radius 2 is 1.51 bits per heavy atom. The molecular formula is C25H28O12. The van der Waals surface area contributed by atoms with Gasteiger partial charge in [-0.1, -0.05) is 12.1 Å². The topological polar surface area (TPSA) is 189 Å². The van der Waals surface area contributed by atoms with Crippen LogP contribution in [0, 0.1) is 0 Å². The standard InChI is InChI=1S/C25H28O12/c1-12(27)34-16-9-18(35-13(2)28)21(17(30)8-5-14-3-6-15(29)7-4-14)19(10-16)36-25-24(33)23(32)22(31)20(11-26)37-25/h3-4,6-7,9-10,20,22-26,29,31-33H,5,8,11H2,1-2H3/t20-,22-,23+,24-,25-/m1/s1. The monoisotopic (exact) mass is 520 g/mol. The number of ketones is 1. The number of rotatable bonds is 9. The molecular weight excluding hydrogens is 492 g/mol. The molecule has 200 valence electrons. The van der Waals surface area contributed by atoms with E-state index in [4.69, 9.17) is 18.9 Å². The van der Waals surface area contributed by atoms with Gasteiger partial charge in [0.25, 0.3) is 0 Å². The number of aliphatic hydroxyl groups is 4. The van der Waals surface area contributed by atoms with Gasteiger partial charge >= 0.3 is 11.9 Å². The first-order valence-corrected chi connectivity index (χ1v) is 11.3. The molecule has 1 fully saturated rings. The van der Waals surface area contributed by atoms with Crippen LogP contribution in [-0.2, 0) is 20.7 Å². The molecule has 0 aromatic heterocycles. The van der Waals surface area contributed by atoms with E-state index in [1.54, 1.807) is 12.1 Å². The zero-order chi connectivity index (χ0) is 27.3. The highest BCUT2D eigenvalue weighted by Gasteiger charge is 2.45. The highest BCUT2D eigenvalue weighted by atomic mass is 16.7. The van der Waals surface area contributed by atoms with Gasteiger partial charge in [-0.3, -0.25) is 14.4 Å². The summed E-state index contributed by atoms with van der Waals surface area (Å²) in [6.45, 7) is 1.51. The van der Waals surface area contributed by atoms with E-state index in [9.17, 15) is 39.9 Å². The van der Waals surface area contributed by atoms with Crippen LogP contribution in [0.3, 0.4) is 0 Å². The Balaban J connectivity index is 2.01. The molecule has 12 nitrogen and oxygen atoms in total. The van der Waals surface area contributed by atoms with Crippen molar-refractivity contribution in [3.63, 3.8) is 0 Å². The largest absolute Gasteiger partial charge is 0.508 e. The predicted molar refractivity (Wildman–Crippen MR) is 124 cm³/mol. The summed E-state index contributed by atoms with van der Waals surface area (Å²) in [5, 5.41) is 49.4. The number of ether oxygens (including phenoxy) is 4. The van der Waals surface area contributed by atoms with Crippen molar-refractivity contribution >= 4 is 17.7 Å². The number of esters is 2. The average Bonchev–Trinajstić information content (AvgIpc) is 2.83. The van der Waals surface area contributed by atoms with Gasteiger partial charge in [0.2, 0.25) is 6.29 Å². The smallest absolute Gasteiger partial charge is 0.308 e. The maximum atomic E-state index is 13.3. The first kappa shape index (κ1) is 28.0. The molecule has 0 amide bonds. The van der Waals surface area contributed by atoms with Crippen LogP contribution in [0.5, 0.6) is 23.0 Å². The lowest BCUT2D eigenvalue weighted by Crippen LogP contribution is -2.60. The molecule has 0 unspecified atom stereocenters. The van der Waals surface area contributed by atoms with Crippen molar-refractivity contribution in [1.29, 1.82) is 0 Å². The third-order valence-corrected chi connectivity index (χ3v) is 5.50. The maximum absolute atomic E-state index is 13.3. The first-order valence-electron chi connectivity index (χ1n) is 11.3. The number of carbonyl (C=O) groups is 3. The second-order valence-electron chi connectivity index (χ2n) is 8.39. The van der Waals surface area contributed by atoms with Gasteiger partial charge in [0.15, 0.2) is 5.78 Å². The molecule has 12 heteroatoms. The third-order valence-electron chi connectivity index (χ3n) is 5.50. The Kier molecular flexibility index (Phi) is 9.18. The van der Waals surface area contributed by atoms with Crippen molar-refractivity contribution in [2.24, 2.45) is 0 Å². The van der Waals surface area contributed by atoms with Crippen LogP contribution in [0.4, 0.5) is 0 Å². The average molecular weight is 520 g/mol. The minimum absolute atomic E-state index is 0.0588. The van der Waals surface area contributed by atoms with Crippen LogP contribution in [0.25, 0.3) is 0 Å². The second kappa shape index (κ2) is 12.1. The maximum Gasteiger partial charge on any atom is 0.308 e. The summed E-state index contributed by atoms with van der Waals surface area (Å²) >= 11 is 0. The highest BCUT2D eigenvalue weighted by molar-refractivity contribution is 6.02. The van der Waals surface area contributed by atoms with Crippen molar-refractivity contribution in [3.05, 3.63) is 47.5 Å². The summed E-state index contributed by atoms with van der Waals surface area (Å²) in [5.41, 5.74) is 0.495. The van der Waals surface area contributed by atoms with Gasteiger partial charge in [-0.15, -0.1) is 0 Å². The predicted octanol–water partition coefficient (Wildman–Crippen LogP) is 0.237. The molecule has 1 saturated heterocycles. The van der Waals surface area contributed by atoms with Gasteiger partial charge in [0.1, 0.15) is 53.0 Å². The Labute approximate surface area is 211 Å². The number of benzene rings is 2. The second-order valence-corrected chi connectivity index (χ2v) is 8.39. The van der Waals surface area contributed by atoms with Crippen LogP contribution in [0.2, 0.25) is 0 Å². The molecule has 1 aliphatic rings. The van der Waals surface area contributed by atoms with Crippen molar-refractivity contribution in [2.45, 2.75) is 57.4 Å². The highest BCUT2D eigenvalue weighted by Crippen LogP contribution is 2.38. The van der Waals surface area contributed by atoms with Crippen molar-refractivity contribution in [3.8, 4) is 23.0 Å². The molecule has 1 aliphatic heterocycles. The van der Waals surface area contributed by atoms with Gasteiger partial charge < -0.3 is 44.5 Å². The molecule has 0 spiro atoms. The minimum Gasteiger partial charge on any atom is -0.508 e. The molecule has 0 bridgehead atoms. The van der Waals surface area contributed by atoms with E-state index in [1.165, 1.54) is 12.1 Å². The van der Waals surface area contributed by atoms with E-state index in [1.807, 2.05) is 0 Å². The third kappa shape index (κ3) is 7.02. The number of hydrogen-bond acceptors (Lipinski definition) is 12. The summed E-state index contributed by atoms with van der Waals surface area (Å²) < 4.78 is 21.3. The fourth-order valence-corrected chi connectivity index (χ4v) is 3.73. The molecule has 3 rings (SSSR count). The SMILES string of the molecule is CC(=O)Oc1cc(OC(C)=O)c(C(=O)CCc2ccc(O)cc2)c(O[C@@H]2O[C@H](CO)[C@@H](O)[C@H](O)[C@H]2O)c1. The van der Waals surface area contributed by atoms with Crippen molar-refractivity contribution in [1.82, 2.24) is 0 Å². The van der Waals surface area contributed by atoms with Gasteiger partial charge in [0.05, 0.1) is 6.61 Å². The van der Waals surface area contributed by atoms with Crippen LogP contribution in [-0.4, -0.2) is 80.6 Å². The quantitative estimate of drug-likeness (QED) is 0.172. The summed E-state index contributed by atoms with van der Waals surface area (Å²) in [6.07, 6.45) is -8.02. The van der Waals surface area contributed by atoms with E-state index >= 15 is 0 Å². The van der Waals surface area contributed by atoms with Gasteiger partial charge in [-0.25, -0.2) is 0 Å². The molecule has 0 radical (unpaired) electrons. The number of phenolic OH excluding ortho intramolecular Hbond substituents is 1. The Morgan fingerprint density at radius 1 is 0.892 bits per heavy atom. The first-order chi connectivity index (χ1) is 17.5. The fraction of sp³-hybridized carbons (Fsp3) is 0.400. The lowest BCUT2D eigenvalue weighted by atomic mass is 9.98. The van der Waals surface area contributed by atoms with E-state index < -0.39 is 55.0 Å². The molecule has 2 aromatic carbocycles. The molecule has 0 saturated carbocycles. The number of aromatic hydroxyl groups is 1. The Morgan fingerprint density at radius 3 is 2.11 bits per heavy atom. The van der Waals surface area contributed by atoms with Crippen LogP contribution >= 0.6 is 0 Å². The molecule has 0 aliphatic carbocycles. The lowest BCUT2D eigenvalue weighted by molar-refractivity contribution is -0.277. The normalized spacial score (nSPS) is 23.2. The number of aryl methyl sites for hydroxylation is 1. The molecule has 5 N–H and O–H groups in total. The number of Topliss-reactive ketones (excluding diaryl/α,β-unsaturated/α-hetero) is 1. The fourth-order valence-electron chi connectivity index (χ4n) is 3.73. The number of carbonyl (C=O) groups excluding carboxylic acids is 3. The number of hydrogen-bond donors (Lipinski definition) is 5. The van der Waals surface area contributed by atoms with Gasteiger partial charge in [-0.2, -0.15) is 0 Å². The molecule has 37 heavy (non-hydrogen) atoms. The minimum atomic E-state index is -1.80. The zero-order valence-corrected chi connectivity index (χ0v) is 20.1. The van der Waals surface area contributed by atoms with Gasteiger partial charge in [-0.05, 0) is 24.1 Å². The Hall–Kier alpha value is -3.55.